The predicted octanol–water partition coefficient (Wildman–Crippen LogP) is 5.20. The van der Waals surface area contributed by atoms with Crippen LogP contribution in [-0.2, 0) is 6.42 Å². The maximum atomic E-state index is 6.30. The maximum absolute atomic E-state index is 6.30. The number of hydrogen-bond donors (Lipinski definition) is 1. The molecule has 112 valence electrons. The second-order valence-electron chi connectivity index (χ2n) is 5.65. The molecule has 2 aromatic carbocycles. The molecule has 1 unspecified atom stereocenters. The summed E-state index contributed by atoms with van der Waals surface area (Å²) in [4.78, 5) is 0. The lowest BCUT2D eigenvalue weighted by Gasteiger charge is -2.22. The van der Waals surface area contributed by atoms with Gasteiger partial charge in [0.1, 0.15) is 0 Å². The Hall–Kier alpha value is -1.02. The lowest BCUT2D eigenvalue weighted by molar-refractivity contribution is 0.685. The SMILES string of the molecule is Cc1cc(C)c(C(CN)Cc2c(Cl)cccc2Cl)c(C)c1. The van der Waals surface area contributed by atoms with E-state index in [1.165, 1.54) is 22.3 Å². The van der Waals surface area contributed by atoms with Gasteiger partial charge in [0, 0.05) is 16.0 Å². The molecule has 0 aliphatic heterocycles. The van der Waals surface area contributed by atoms with Crippen LogP contribution in [0.4, 0.5) is 0 Å². The van der Waals surface area contributed by atoms with Crippen molar-refractivity contribution in [3.63, 3.8) is 0 Å². The van der Waals surface area contributed by atoms with Crippen molar-refractivity contribution in [2.45, 2.75) is 33.1 Å². The molecule has 0 aliphatic rings. The fourth-order valence-corrected chi connectivity index (χ4v) is 3.66. The molecule has 0 saturated heterocycles. The first-order valence-corrected chi connectivity index (χ1v) is 7.90. The second kappa shape index (κ2) is 6.83. The zero-order valence-electron chi connectivity index (χ0n) is 12.7. The van der Waals surface area contributed by atoms with Gasteiger partial charge in [-0.2, -0.15) is 0 Å². The lowest BCUT2D eigenvalue weighted by atomic mass is 9.85. The van der Waals surface area contributed by atoms with Gasteiger partial charge in [-0.1, -0.05) is 47.0 Å². The van der Waals surface area contributed by atoms with Crippen molar-refractivity contribution in [1.82, 2.24) is 0 Å². The van der Waals surface area contributed by atoms with Gasteiger partial charge in [-0.25, -0.2) is 0 Å². The van der Waals surface area contributed by atoms with Crippen molar-refractivity contribution in [3.8, 4) is 0 Å². The Morgan fingerprint density at radius 3 is 2.00 bits per heavy atom. The molecule has 0 aliphatic carbocycles. The number of benzene rings is 2. The van der Waals surface area contributed by atoms with E-state index in [4.69, 9.17) is 28.9 Å². The lowest BCUT2D eigenvalue weighted by Crippen LogP contribution is -2.18. The average Bonchev–Trinajstić information content (AvgIpc) is 2.39. The number of nitrogens with two attached hydrogens (primary N) is 1. The van der Waals surface area contributed by atoms with Crippen LogP contribution in [0, 0.1) is 20.8 Å². The molecule has 0 aromatic heterocycles. The van der Waals surface area contributed by atoms with Crippen molar-refractivity contribution >= 4 is 23.2 Å². The summed E-state index contributed by atoms with van der Waals surface area (Å²) in [6, 6.07) is 10.0. The largest absolute Gasteiger partial charge is 0.330 e. The number of aryl methyl sites for hydroxylation is 3. The molecule has 1 nitrogen and oxygen atoms in total. The Kier molecular flexibility index (Phi) is 5.32. The highest BCUT2D eigenvalue weighted by molar-refractivity contribution is 6.36. The zero-order valence-corrected chi connectivity index (χ0v) is 14.2. The van der Waals surface area contributed by atoms with Gasteiger partial charge < -0.3 is 5.73 Å². The van der Waals surface area contributed by atoms with E-state index in [0.717, 1.165) is 12.0 Å². The molecule has 0 spiro atoms. The van der Waals surface area contributed by atoms with Gasteiger partial charge in [0.2, 0.25) is 0 Å². The molecule has 0 amide bonds. The summed E-state index contributed by atoms with van der Waals surface area (Å²) in [5.74, 6) is 0.225. The molecule has 2 rings (SSSR count). The van der Waals surface area contributed by atoms with Crippen LogP contribution in [0.25, 0.3) is 0 Å². The summed E-state index contributed by atoms with van der Waals surface area (Å²) in [7, 11) is 0. The van der Waals surface area contributed by atoms with Crippen molar-refractivity contribution in [3.05, 3.63) is 68.2 Å². The fourth-order valence-electron chi connectivity index (χ4n) is 3.11. The third-order valence-corrected chi connectivity index (χ3v) is 4.65. The summed E-state index contributed by atoms with van der Waals surface area (Å²) in [6.07, 6.45) is 0.764. The van der Waals surface area contributed by atoms with Crippen LogP contribution in [0.2, 0.25) is 10.0 Å². The minimum absolute atomic E-state index is 0.225. The minimum atomic E-state index is 0.225. The first-order valence-electron chi connectivity index (χ1n) is 7.14. The molecule has 0 heterocycles. The molecule has 21 heavy (non-hydrogen) atoms. The van der Waals surface area contributed by atoms with E-state index in [9.17, 15) is 0 Å². The third-order valence-electron chi connectivity index (χ3n) is 3.94. The number of hydrogen-bond acceptors (Lipinski definition) is 1. The summed E-state index contributed by atoms with van der Waals surface area (Å²) in [5, 5.41) is 1.42. The third kappa shape index (κ3) is 3.60. The van der Waals surface area contributed by atoms with Crippen LogP contribution >= 0.6 is 23.2 Å². The molecule has 0 radical (unpaired) electrons. The van der Waals surface area contributed by atoms with Crippen LogP contribution in [0.5, 0.6) is 0 Å². The Morgan fingerprint density at radius 2 is 1.52 bits per heavy atom. The smallest absolute Gasteiger partial charge is 0.0453 e. The maximum Gasteiger partial charge on any atom is 0.0453 e. The normalized spacial score (nSPS) is 12.5. The van der Waals surface area contributed by atoms with Gasteiger partial charge in [0.05, 0.1) is 0 Å². The van der Waals surface area contributed by atoms with Gasteiger partial charge in [0.25, 0.3) is 0 Å². The Bertz CT molecular complexity index is 606. The summed E-state index contributed by atoms with van der Waals surface area (Å²) < 4.78 is 0. The highest BCUT2D eigenvalue weighted by Crippen LogP contribution is 2.32. The second-order valence-corrected chi connectivity index (χ2v) is 6.46. The Balaban J connectivity index is 2.42. The van der Waals surface area contributed by atoms with Crippen molar-refractivity contribution < 1.29 is 0 Å². The minimum Gasteiger partial charge on any atom is -0.330 e. The van der Waals surface area contributed by atoms with E-state index in [0.29, 0.717) is 16.6 Å². The fraction of sp³-hybridized carbons (Fsp3) is 0.333. The molecule has 0 saturated carbocycles. The van der Waals surface area contributed by atoms with Crippen LogP contribution < -0.4 is 5.73 Å². The molecule has 1 atom stereocenters. The van der Waals surface area contributed by atoms with E-state index in [2.05, 4.69) is 32.9 Å². The molecular weight excluding hydrogens is 301 g/mol. The zero-order chi connectivity index (χ0) is 15.6. The Labute approximate surface area is 137 Å². The number of rotatable bonds is 4. The Morgan fingerprint density at radius 1 is 1.00 bits per heavy atom. The summed E-state index contributed by atoms with van der Waals surface area (Å²) >= 11 is 12.6. The molecule has 3 heteroatoms. The van der Waals surface area contributed by atoms with Crippen LogP contribution in [0.15, 0.2) is 30.3 Å². The van der Waals surface area contributed by atoms with E-state index in [1.54, 1.807) is 0 Å². The van der Waals surface area contributed by atoms with Gasteiger partial charge in [-0.3, -0.25) is 0 Å². The van der Waals surface area contributed by atoms with Crippen molar-refractivity contribution in [2.75, 3.05) is 6.54 Å². The van der Waals surface area contributed by atoms with E-state index >= 15 is 0 Å². The highest BCUT2D eigenvalue weighted by Gasteiger charge is 2.18. The first kappa shape index (κ1) is 16.4. The van der Waals surface area contributed by atoms with Crippen molar-refractivity contribution in [2.24, 2.45) is 5.73 Å². The van der Waals surface area contributed by atoms with Gasteiger partial charge in [-0.15, -0.1) is 0 Å². The van der Waals surface area contributed by atoms with E-state index in [-0.39, 0.29) is 5.92 Å². The molecule has 0 fully saturated rings. The number of halogens is 2. The van der Waals surface area contributed by atoms with Crippen LogP contribution in [0.3, 0.4) is 0 Å². The van der Waals surface area contributed by atoms with Gasteiger partial charge in [0.15, 0.2) is 0 Å². The molecule has 2 aromatic rings. The molecule has 0 bridgehead atoms. The monoisotopic (exact) mass is 321 g/mol. The van der Waals surface area contributed by atoms with E-state index < -0.39 is 0 Å². The average molecular weight is 322 g/mol. The quantitative estimate of drug-likeness (QED) is 0.822. The molecule has 2 N–H and O–H groups in total. The van der Waals surface area contributed by atoms with E-state index in [1.807, 2.05) is 18.2 Å². The standard InChI is InChI=1S/C18H21Cl2N/c1-11-7-12(2)18(13(3)8-11)14(10-21)9-15-16(19)5-4-6-17(15)20/h4-8,14H,9-10,21H2,1-3H3. The highest BCUT2D eigenvalue weighted by atomic mass is 35.5. The topological polar surface area (TPSA) is 26.0 Å². The van der Waals surface area contributed by atoms with Crippen molar-refractivity contribution in [1.29, 1.82) is 0 Å². The van der Waals surface area contributed by atoms with Gasteiger partial charge >= 0.3 is 0 Å². The van der Waals surface area contributed by atoms with Crippen LogP contribution in [-0.4, -0.2) is 6.54 Å². The van der Waals surface area contributed by atoms with Gasteiger partial charge in [-0.05, 0) is 68.1 Å². The predicted molar refractivity (Wildman–Crippen MR) is 92.6 cm³/mol. The molecular formula is C18H21Cl2N. The first-order chi connectivity index (χ1) is 9.93. The summed E-state index contributed by atoms with van der Waals surface area (Å²) in [5.41, 5.74) is 12.2. The van der Waals surface area contributed by atoms with Crippen LogP contribution in [0.1, 0.15) is 33.7 Å². The summed E-state index contributed by atoms with van der Waals surface area (Å²) in [6.45, 7) is 6.98.